The first-order chi connectivity index (χ1) is 14.9. The molecular formula is C24H21BrI2N2O2. The SMILES string of the molecule is CCc1ccc(CC(=O)N/N=C/c2cc(I)c(OCc3ccc(Br)cc3)c(I)c2)cc1. The van der Waals surface area contributed by atoms with Gasteiger partial charge in [-0.25, -0.2) is 5.43 Å². The molecule has 0 spiro atoms. The Hall–Kier alpha value is -1.46. The normalized spacial score (nSPS) is 11.0. The fraction of sp³-hybridized carbons (Fsp3) is 0.167. The molecule has 7 heteroatoms. The Kier molecular flexibility index (Phi) is 9.33. The Morgan fingerprint density at radius 1 is 1.00 bits per heavy atom. The zero-order valence-corrected chi connectivity index (χ0v) is 22.8. The number of aryl methyl sites for hydroxylation is 1. The maximum absolute atomic E-state index is 12.1. The second-order valence-corrected chi connectivity index (χ2v) is 10.1. The molecule has 31 heavy (non-hydrogen) atoms. The number of hydrogen-bond acceptors (Lipinski definition) is 3. The van der Waals surface area contributed by atoms with E-state index < -0.39 is 0 Å². The van der Waals surface area contributed by atoms with Gasteiger partial charge in [0.1, 0.15) is 12.4 Å². The zero-order valence-electron chi connectivity index (χ0n) is 16.9. The van der Waals surface area contributed by atoms with Crippen LogP contribution < -0.4 is 10.2 Å². The number of hydrogen-bond donors (Lipinski definition) is 1. The highest BCUT2D eigenvalue weighted by Gasteiger charge is 2.09. The zero-order chi connectivity index (χ0) is 22.2. The Labute approximate surface area is 218 Å². The van der Waals surface area contributed by atoms with E-state index in [0.717, 1.165) is 40.5 Å². The third-order valence-corrected chi connectivity index (χ3v) is 6.65. The van der Waals surface area contributed by atoms with Gasteiger partial charge in [-0.05, 0) is 98.1 Å². The molecule has 0 aliphatic heterocycles. The van der Waals surface area contributed by atoms with Crippen molar-refractivity contribution in [3.63, 3.8) is 0 Å². The molecule has 1 amide bonds. The minimum absolute atomic E-state index is 0.139. The summed E-state index contributed by atoms with van der Waals surface area (Å²) < 4.78 is 9.06. The van der Waals surface area contributed by atoms with Gasteiger partial charge in [0.25, 0.3) is 0 Å². The van der Waals surface area contributed by atoms with E-state index in [1.165, 1.54) is 5.56 Å². The van der Waals surface area contributed by atoms with E-state index in [1.54, 1.807) is 6.21 Å². The van der Waals surface area contributed by atoms with Crippen LogP contribution >= 0.6 is 61.1 Å². The first-order valence-corrected chi connectivity index (χ1v) is 12.7. The molecule has 0 unspecified atom stereocenters. The van der Waals surface area contributed by atoms with E-state index in [0.29, 0.717) is 13.0 Å². The van der Waals surface area contributed by atoms with Crippen LogP contribution in [0.25, 0.3) is 0 Å². The molecule has 0 saturated heterocycles. The van der Waals surface area contributed by atoms with Crippen LogP contribution in [-0.4, -0.2) is 12.1 Å². The Bertz CT molecular complexity index is 1040. The van der Waals surface area contributed by atoms with Gasteiger partial charge in [-0.15, -0.1) is 0 Å². The largest absolute Gasteiger partial charge is 0.487 e. The quantitative estimate of drug-likeness (QED) is 0.166. The highest BCUT2D eigenvalue weighted by atomic mass is 127. The van der Waals surface area contributed by atoms with Gasteiger partial charge in [-0.2, -0.15) is 5.10 Å². The van der Waals surface area contributed by atoms with Crippen LogP contribution in [0.5, 0.6) is 5.75 Å². The van der Waals surface area contributed by atoms with Gasteiger partial charge in [-0.3, -0.25) is 4.79 Å². The lowest BCUT2D eigenvalue weighted by atomic mass is 10.1. The van der Waals surface area contributed by atoms with E-state index in [-0.39, 0.29) is 5.91 Å². The summed E-state index contributed by atoms with van der Waals surface area (Å²) in [5, 5.41) is 4.11. The molecule has 3 rings (SSSR count). The van der Waals surface area contributed by atoms with Gasteiger partial charge in [0.15, 0.2) is 0 Å². The molecule has 0 fully saturated rings. The number of hydrazone groups is 1. The molecule has 0 radical (unpaired) electrons. The average molecular weight is 703 g/mol. The lowest BCUT2D eigenvalue weighted by Gasteiger charge is -2.11. The predicted molar refractivity (Wildman–Crippen MR) is 146 cm³/mol. The van der Waals surface area contributed by atoms with Crippen molar-refractivity contribution in [1.82, 2.24) is 5.43 Å². The first-order valence-electron chi connectivity index (χ1n) is 9.70. The summed E-state index contributed by atoms with van der Waals surface area (Å²) in [6, 6.07) is 20.1. The van der Waals surface area contributed by atoms with Gasteiger partial charge in [0.2, 0.25) is 5.91 Å². The summed E-state index contributed by atoms with van der Waals surface area (Å²) in [6.07, 6.45) is 2.95. The van der Waals surface area contributed by atoms with E-state index in [4.69, 9.17) is 4.74 Å². The molecule has 0 aliphatic rings. The van der Waals surface area contributed by atoms with Crippen LogP contribution in [0.15, 0.2) is 70.2 Å². The van der Waals surface area contributed by atoms with Crippen LogP contribution in [0, 0.1) is 7.14 Å². The molecule has 0 saturated carbocycles. The number of carbonyl (C=O) groups is 1. The van der Waals surface area contributed by atoms with Gasteiger partial charge in [0.05, 0.1) is 19.8 Å². The van der Waals surface area contributed by atoms with Crippen molar-refractivity contribution in [3.8, 4) is 5.75 Å². The number of amides is 1. The molecule has 1 N–H and O–H groups in total. The fourth-order valence-corrected chi connectivity index (χ4v) is 5.22. The molecule has 0 aliphatic carbocycles. The molecule has 0 bridgehead atoms. The lowest BCUT2D eigenvalue weighted by molar-refractivity contribution is -0.120. The standard InChI is InChI=1S/C24H21BrI2N2O2/c1-2-16-3-5-17(6-4-16)13-23(30)29-28-14-19-11-21(26)24(22(27)12-19)31-15-18-7-9-20(25)10-8-18/h3-12,14H,2,13,15H2,1H3,(H,29,30)/b28-14+. The maximum atomic E-state index is 12.1. The number of nitrogens with one attached hydrogen (secondary N) is 1. The van der Waals surface area contributed by atoms with E-state index in [2.05, 4.69) is 90.7 Å². The average Bonchev–Trinajstić information content (AvgIpc) is 2.75. The molecule has 0 heterocycles. The Morgan fingerprint density at radius 3 is 2.19 bits per heavy atom. The minimum atomic E-state index is -0.139. The Morgan fingerprint density at radius 2 is 1.58 bits per heavy atom. The van der Waals surface area contributed by atoms with Crippen LogP contribution in [0.3, 0.4) is 0 Å². The molecule has 4 nitrogen and oxygen atoms in total. The van der Waals surface area contributed by atoms with Gasteiger partial charge >= 0.3 is 0 Å². The smallest absolute Gasteiger partial charge is 0.244 e. The molecule has 3 aromatic rings. The first kappa shape index (κ1) is 24.2. The second kappa shape index (κ2) is 12.0. The number of halogens is 3. The van der Waals surface area contributed by atoms with Gasteiger partial charge < -0.3 is 4.74 Å². The maximum Gasteiger partial charge on any atom is 0.244 e. The second-order valence-electron chi connectivity index (χ2n) is 6.87. The van der Waals surface area contributed by atoms with Crippen molar-refractivity contribution in [3.05, 3.63) is 94.5 Å². The topological polar surface area (TPSA) is 50.7 Å². The third-order valence-electron chi connectivity index (χ3n) is 4.52. The summed E-state index contributed by atoms with van der Waals surface area (Å²) in [7, 11) is 0. The number of ether oxygens (including phenoxy) is 1. The number of carbonyl (C=O) groups excluding carboxylic acids is 1. The van der Waals surface area contributed by atoms with Gasteiger partial charge in [0, 0.05) is 4.47 Å². The minimum Gasteiger partial charge on any atom is -0.487 e. The molecule has 3 aromatic carbocycles. The number of nitrogens with zero attached hydrogens (tertiary/aromatic N) is 1. The van der Waals surface area contributed by atoms with E-state index in [9.17, 15) is 4.79 Å². The van der Waals surface area contributed by atoms with Crippen LogP contribution in [0.1, 0.15) is 29.2 Å². The van der Waals surface area contributed by atoms with E-state index >= 15 is 0 Å². The monoisotopic (exact) mass is 702 g/mol. The lowest BCUT2D eigenvalue weighted by Crippen LogP contribution is -2.19. The summed E-state index contributed by atoms with van der Waals surface area (Å²) in [4.78, 5) is 12.1. The fourth-order valence-electron chi connectivity index (χ4n) is 2.82. The highest BCUT2D eigenvalue weighted by Crippen LogP contribution is 2.29. The third kappa shape index (κ3) is 7.57. The van der Waals surface area contributed by atoms with Crippen molar-refractivity contribution >= 4 is 73.2 Å². The Balaban J connectivity index is 1.56. The van der Waals surface area contributed by atoms with Crippen molar-refractivity contribution in [2.45, 2.75) is 26.4 Å². The number of benzene rings is 3. The summed E-state index contributed by atoms with van der Waals surface area (Å²) in [5.41, 5.74) is 6.84. The van der Waals surface area contributed by atoms with Crippen molar-refractivity contribution in [2.24, 2.45) is 5.10 Å². The van der Waals surface area contributed by atoms with Gasteiger partial charge in [-0.1, -0.05) is 59.3 Å². The van der Waals surface area contributed by atoms with E-state index in [1.807, 2.05) is 48.5 Å². The van der Waals surface area contributed by atoms with Crippen molar-refractivity contribution in [2.75, 3.05) is 0 Å². The summed E-state index contributed by atoms with van der Waals surface area (Å²) in [6.45, 7) is 2.61. The van der Waals surface area contributed by atoms with Crippen molar-refractivity contribution in [1.29, 1.82) is 0 Å². The predicted octanol–water partition coefficient (Wildman–Crippen LogP) is 6.49. The highest BCUT2D eigenvalue weighted by molar-refractivity contribution is 14.1. The van der Waals surface area contributed by atoms with Crippen molar-refractivity contribution < 1.29 is 9.53 Å². The van der Waals surface area contributed by atoms with Crippen LogP contribution in [0.2, 0.25) is 0 Å². The van der Waals surface area contributed by atoms with Crippen LogP contribution in [-0.2, 0) is 24.2 Å². The van der Waals surface area contributed by atoms with Crippen LogP contribution in [0.4, 0.5) is 0 Å². The molecule has 0 atom stereocenters. The molecular weight excluding hydrogens is 682 g/mol. The molecule has 0 aromatic heterocycles. The molecule has 160 valence electrons. The summed E-state index contributed by atoms with van der Waals surface area (Å²) >= 11 is 7.96. The number of rotatable bonds is 8. The summed E-state index contributed by atoms with van der Waals surface area (Å²) in [5.74, 6) is 0.708.